The van der Waals surface area contributed by atoms with Gasteiger partial charge in [-0.3, -0.25) is 0 Å². The molecule has 0 bridgehead atoms. The molecule has 2 heterocycles. The predicted molar refractivity (Wildman–Crippen MR) is 71.5 cm³/mol. The molecule has 2 aromatic rings. The molecule has 0 amide bonds. The van der Waals surface area contributed by atoms with Gasteiger partial charge in [-0.1, -0.05) is 0 Å². The molecule has 6 nitrogen and oxygen atoms in total. The van der Waals surface area contributed by atoms with Crippen molar-refractivity contribution in [1.82, 2.24) is 19.7 Å². The van der Waals surface area contributed by atoms with Gasteiger partial charge in [0, 0.05) is 7.05 Å². The molecule has 0 aliphatic heterocycles. The molecule has 0 saturated heterocycles. The van der Waals surface area contributed by atoms with Crippen LogP contribution in [-0.2, 0) is 7.05 Å². The average Bonchev–Trinajstić information content (AvgIpc) is 2.75. The largest absolute Gasteiger partial charge is 0.360 e. The molecular weight excluding hydrogens is 240 g/mol. The molecule has 0 aromatic carbocycles. The van der Waals surface area contributed by atoms with Gasteiger partial charge >= 0.3 is 0 Å². The third kappa shape index (κ3) is 2.55. The SMILES string of the molecule is Cc1cc(NC(C)c2nncn2C)nc(C)c1C#N. The van der Waals surface area contributed by atoms with Crippen molar-refractivity contribution in [1.29, 1.82) is 5.26 Å². The van der Waals surface area contributed by atoms with Crippen molar-refractivity contribution >= 4 is 5.82 Å². The Morgan fingerprint density at radius 1 is 1.42 bits per heavy atom. The highest BCUT2D eigenvalue weighted by atomic mass is 15.3. The Bertz CT molecular complexity index is 614. The van der Waals surface area contributed by atoms with Crippen LogP contribution in [-0.4, -0.2) is 19.7 Å². The van der Waals surface area contributed by atoms with Gasteiger partial charge in [0.15, 0.2) is 5.82 Å². The summed E-state index contributed by atoms with van der Waals surface area (Å²) in [6, 6.07) is 4.03. The minimum atomic E-state index is -0.00765. The van der Waals surface area contributed by atoms with E-state index in [1.54, 1.807) is 6.33 Å². The van der Waals surface area contributed by atoms with Crippen LogP contribution in [0.15, 0.2) is 12.4 Å². The number of nitriles is 1. The first kappa shape index (κ1) is 13.0. The first-order valence-electron chi connectivity index (χ1n) is 6.01. The van der Waals surface area contributed by atoms with E-state index in [-0.39, 0.29) is 6.04 Å². The van der Waals surface area contributed by atoms with Gasteiger partial charge in [0.05, 0.1) is 17.3 Å². The number of anilines is 1. The van der Waals surface area contributed by atoms with Crippen molar-refractivity contribution in [2.45, 2.75) is 26.8 Å². The summed E-state index contributed by atoms with van der Waals surface area (Å²) in [5, 5.41) is 20.2. The number of hydrogen-bond donors (Lipinski definition) is 1. The summed E-state index contributed by atoms with van der Waals surface area (Å²) >= 11 is 0. The van der Waals surface area contributed by atoms with E-state index in [1.165, 1.54) is 0 Å². The third-order valence-corrected chi connectivity index (χ3v) is 3.01. The summed E-state index contributed by atoms with van der Waals surface area (Å²) < 4.78 is 1.86. The van der Waals surface area contributed by atoms with Crippen molar-refractivity contribution in [2.75, 3.05) is 5.32 Å². The molecule has 0 aliphatic carbocycles. The van der Waals surface area contributed by atoms with E-state index in [4.69, 9.17) is 5.26 Å². The zero-order valence-corrected chi connectivity index (χ0v) is 11.5. The van der Waals surface area contributed by atoms with Gasteiger partial charge in [0.25, 0.3) is 0 Å². The lowest BCUT2D eigenvalue weighted by Gasteiger charge is -2.15. The van der Waals surface area contributed by atoms with E-state index < -0.39 is 0 Å². The third-order valence-electron chi connectivity index (χ3n) is 3.01. The van der Waals surface area contributed by atoms with Crippen molar-refractivity contribution in [3.63, 3.8) is 0 Å². The predicted octanol–water partition coefficient (Wildman–Crippen LogP) is 1.87. The summed E-state index contributed by atoms with van der Waals surface area (Å²) in [7, 11) is 1.90. The summed E-state index contributed by atoms with van der Waals surface area (Å²) in [6.45, 7) is 5.74. The second kappa shape index (κ2) is 5.06. The fraction of sp³-hybridized carbons (Fsp3) is 0.385. The molecule has 98 valence electrons. The van der Waals surface area contributed by atoms with E-state index in [0.717, 1.165) is 22.9 Å². The monoisotopic (exact) mass is 256 g/mol. The van der Waals surface area contributed by atoms with Crippen LogP contribution >= 0.6 is 0 Å². The summed E-state index contributed by atoms with van der Waals surface area (Å²) in [6.07, 6.45) is 1.66. The number of nitrogens with zero attached hydrogens (tertiary/aromatic N) is 5. The molecule has 1 atom stereocenters. The number of aryl methyl sites for hydroxylation is 3. The van der Waals surface area contributed by atoms with E-state index in [1.807, 2.05) is 38.5 Å². The number of aromatic nitrogens is 4. The van der Waals surface area contributed by atoms with Crippen LogP contribution in [0.4, 0.5) is 5.82 Å². The maximum absolute atomic E-state index is 9.03. The van der Waals surface area contributed by atoms with Crippen molar-refractivity contribution < 1.29 is 0 Å². The second-order valence-electron chi connectivity index (χ2n) is 4.56. The maximum Gasteiger partial charge on any atom is 0.154 e. The molecule has 19 heavy (non-hydrogen) atoms. The Morgan fingerprint density at radius 3 is 2.68 bits per heavy atom. The summed E-state index contributed by atoms with van der Waals surface area (Å²) in [5.41, 5.74) is 2.29. The first-order valence-corrected chi connectivity index (χ1v) is 6.01. The zero-order valence-electron chi connectivity index (χ0n) is 11.5. The quantitative estimate of drug-likeness (QED) is 0.906. The second-order valence-corrected chi connectivity index (χ2v) is 4.56. The van der Waals surface area contributed by atoms with E-state index in [9.17, 15) is 0 Å². The summed E-state index contributed by atoms with van der Waals surface area (Å²) in [5.74, 6) is 1.57. The highest BCUT2D eigenvalue weighted by Crippen LogP contribution is 2.19. The van der Waals surface area contributed by atoms with Crippen LogP contribution < -0.4 is 5.32 Å². The van der Waals surface area contributed by atoms with Crippen LogP contribution in [0, 0.1) is 25.2 Å². The van der Waals surface area contributed by atoms with Crippen LogP contribution in [0.25, 0.3) is 0 Å². The van der Waals surface area contributed by atoms with Gasteiger partial charge in [-0.25, -0.2) is 4.98 Å². The Labute approximate surface area is 112 Å². The Balaban J connectivity index is 2.26. The maximum atomic E-state index is 9.03. The Hall–Kier alpha value is -2.42. The fourth-order valence-electron chi connectivity index (χ4n) is 2.05. The molecule has 0 fully saturated rings. The molecule has 2 rings (SSSR count). The van der Waals surface area contributed by atoms with Gasteiger partial charge in [-0.05, 0) is 32.4 Å². The molecule has 0 spiro atoms. The number of rotatable bonds is 3. The molecule has 6 heteroatoms. The molecule has 1 N–H and O–H groups in total. The number of nitrogens with one attached hydrogen (secondary N) is 1. The molecule has 2 aromatic heterocycles. The lowest BCUT2D eigenvalue weighted by Crippen LogP contribution is -2.13. The van der Waals surface area contributed by atoms with Gasteiger partial charge in [-0.2, -0.15) is 5.26 Å². The lowest BCUT2D eigenvalue weighted by molar-refractivity contribution is 0.716. The summed E-state index contributed by atoms with van der Waals surface area (Å²) in [4.78, 5) is 4.39. The van der Waals surface area contributed by atoms with E-state index in [2.05, 4.69) is 26.6 Å². The minimum absolute atomic E-state index is 0.00765. The van der Waals surface area contributed by atoms with Crippen molar-refractivity contribution in [3.05, 3.63) is 35.0 Å². The van der Waals surface area contributed by atoms with Crippen LogP contribution in [0.1, 0.15) is 35.6 Å². The number of pyridine rings is 1. The zero-order chi connectivity index (χ0) is 14.0. The average molecular weight is 256 g/mol. The van der Waals surface area contributed by atoms with Crippen LogP contribution in [0.3, 0.4) is 0 Å². The van der Waals surface area contributed by atoms with Crippen LogP contribution in [0.5, 0.6) is 0 Å². The molecule has 0 radical (unpaired) electrons. The van der Waals surface area contributed by atoms with Gasteiger partial charge in [0.1, 0.15) is 18.2 Å². The topological polar surface area (TPSA) is 79.4 Å². The highest BCUT2D eigenvalue weighted by molar-refractivity contribution is 5.49. The minimum Gasteiger partial charge on any atom is -0.360 e. The van der Waals surface area contributed by atoms with Crippen molar-refractivity contribution in [3.8, 4) is 6.07 Å². The van der Waals surface area contributed by atoms with E-state index >= 15 is 0 Å². The first-order chi connectivity index (χ1) is 9.02. The fourth-order valence-corrected chi connectivity index (χ4v) is 2.05. The van der Waals surface area contributed by atoms with E-state index in [0.29, 0.717) is 5.56 Å². The molecular formula is C13H16N6. The van der Waals surface area contributed by atoms with Gasteiger partial charge in [-0.15, -0.1) is 10.2 Å². The number of hydrogen-bond acceptors (Lipinski definition) is 5. The van der Waals surface area contributed by atoms with Gasteiger partial charge in [0.2, 0.25) is 0 Å². The van der Waals surface area contributed by atoms with Crippen LogP contribution in [0.2, 0.25) is 0 Å². The molecule has 1 unspecified atom stereocenters. The Morgan fingerprint density at radius 2 is 2.16 bits per heavy atom. The molecule has 0 saturated carbocycles. The normalized spacial score (nSPS) is 11.9. The van der Waals surface area contributed by atoms with Crippen molar-refractivity contribution in [2.24, 2.45) is 7.05 Å². The molecule has 0 aliphatic rings. The van der Waals surface area contributed by atoms with Gasteiger partial charge < -0.3 is 9.88 Å². The smallest absolute Gasteiger partial charge is 0.154 e. The Kier molecular flexibility index (Phi) is 3.47. The lowest BCUT2D eigenvalue weighted by atomic mass is 10.1. The highest BCUT2D eigenvalue weighted by Gasteiger charge is 2.13. The standard InChI is InChI=1S/C13H16N6/c1-8-5-12(16-9(2)11(8)6-14)17-10(3)13-18-15-7-19(13)4/h5,7,10H,1-4H3,(H,16,17).